The minimum atomic E-state index is -0.973. The first-order chi connectivity index (χ1) is 9.65. The molecule has 0 aliphatic heterocycles. The molecule has 0 unspecified atom stereocenters. The maximum atomic E-state index is 13.6. The zero-order valence-corrected chi connectivity index (χ0v) is 12.8. The number of nitrogens with zero attached hydrogens (tertiary/aromatic N) is 1. The van der Waals surface area contributed by atoms with E-state index in [-0.39, 0.29) is 0 Å². The lowest BCUT2D eigenvalue weighted by Gasteiger charge is -2.09. The van der Waals surface area contributed by atoms with E-state index in [0.29, 0.717) is 10.9 Å². The number of hydrogen-bond donors (Lipinski definition) is 0. The Bertz CT molecular complexity index is 580. The van der Waals surface area contributed by atoms with Crippen LogP contribution in [0, 0.1) is 6.92 Å². The Balaban J connectivity index is 2.05. The van der Waals surface area contributed by atoms with Crippen LogP contribution in [0.4, 0.5) is 4.39 Å². The van der Waals surface area contributed by atoms with Crippen LogP contribution in [0.2, 0.25) is 0 Å². The summed E-state index contributed by atoms with van der Waals surface area (Å²) in [4.78, 5) is 5.81. The lowest BCUT2D eigenvalue weighted by atomic mass is 10.00. The number of alkyl halides is 1. The molecule has 1 fully saturated rings. The van der Waals surface area contributed by atoms with Gasteiger partial charge in [-0.25, -0.2) is 9.37 Å². The van der Waals surface area contributed by atoms with E-state index < -0.39 is 6.17 Å². The first kappa shape index (κ1) is 13.7. The third-order valence-electron chi connectivity index (χ3n) is 4.07. The van der Waals surface area contributed by atoms with Gasteiger partial charge in [-0.2, -0.15) is 0 Å². The van der Waals surface area contributed by atoms with Crippen molar-refractivity contribution < 1.29 is 4.39 Å². The minimum Gasteiger partial charge on any atom is -0.242 e. The van der Waals surface area contributed by atoms with E-state index in [4.69, 9.17) is 0 Å². The summed E-state index contributed by atoms with van der Waals surface area (Å²) in [5.41, 5.74) is 3.57. The molecule has 0 bridgehead atoms. The van der Waals surface area contributed by atoms with E-state index in [0.717, 1.165) is 5.69 Å². The summed E-state index contributed by atoms with van der Waals surface area (Å²) in [6.07, 6.45) is 3.97. The normalized spacial score (nSPS) is 17.6. The van der Waals surface area contributed by atoms with Gasteiger partial charge >= 0.3 is 0 Å². The Kier molecular flexibility index (Phi) is 3.88. The average Bonchev–Trinajstić information content (AvgIpc) is 3.08. The molecule has 1 saturated carbocycles. The highest BCUT2D eigenvalue weighted by Gasteiger charge is 2.25. The van der Waals surface area contributed by atoms with Crippen molar-refractivity contribution in [3.63, 3.8) is 0 Å². The van der Waals surface area contributed by atoms with Gasteiger partial charge in [-0.15, -0.1) is 11.3 Å². The van der Waals surface area contributed by atoms with Gasteiger partial charge in [-0.05, 0) is 32.3 Å². The average molecular weight is 289 g/mol. The quantitative estimate of drug-likeness (QED) is 0.695. The van der Waals surface area contributed by atoms with Crippen molar-refractivity contribution in [2.75, 3.05) is 0 Å². The van der Waals surface area contributed by atoms with Crippen LogP contribution in [-0.4, -0.2) is 4.98 Å². The van der Waals surface area contributed by atoms with Crippen molar-refractivity contribution >= 4 is 11.3 Å². The number of hydrogen-bond acceptors (Lipinski definition) is 2. The van der Waals surface area contributed by atoms with Gasteiger partial charge in [0.1, 0.15) is 11.2 Å². The smallest absolute Gasteiger partial charge is 0.149 e. The van der Waals surface area contributed by atoms with E-state index in [1.165, 1.54) is 53.0 Å². The molecular weight excluding hydrogens is 269 g/mol. The molecule has 3 heteroatoms. The molecule has 1 atom stereocenters. The van der Waals surface area contributed by atoms with Crippen LogP contribution in [0.3, 0.4) is 0 Å². The van der Waals surface area contributed by atoms with Crippen LogP contribution in [0.25, 0.3) is 10.4 Å². The minimum absolute atomic E-state index is 0.523. The van der Waals surface area contributed by atoms with Gasteiger partial charge < -0.3 is 0 Å². The summed E-state index contributed by atoms with van der Waals surface area (Å²) in [6, 6.07) is 8.50. The summed E-state index contributed by atoms with van der Waals surface area (Å²) >= 11 is 1.53. The molecule has 0 saturated heterocycles. The van der Waals surface area contributed by atoms with Crippen molar-refractivity contribution in [3.8, 4) is 10.4 Å². The van der Waals surface area contributed by atoms with E-state index in [1.54, 1.807) is 6.92 Å². The lowest BCUT2D eigenvalue weighted by molar-refractivity contribution is 0.372. The summed E-state index contributed by atoms with van der Waals surface area (Å²) in [6.45, 7) is 3.67. The number of aryl methyl sites for hydroxylation is 1. The maximum Gasteiger partial charge on any atom is 0.149 e. The van der Waals surface area contributed by atoms with Gasteiger partial charge in [0.05, 0.1) is 10.6 Å². The van der Waals surface area contributed by atoms with Gasteiger partial charge in [0.25, 0.3) is 0 Å². The van der Waals surface area contributed by atoms with Crippen LogP contribution in [-0.2, 0) is 0 Å². The molecular formula is C17H20FNS. The Hall–Kier alpha value is -1.22. The SMILES string of the molecule is Cc1ccc(-c2sc([C@H](C)F)nc2C2CCCC2)cc1. The third kappa shape index (κ3) is 2.64. The first-order valence-corrected chi connectivity index (χ1v) is 8.18. The van der Waals surface area contributed by atoms with Crippen LogP contribution in [0.5, 0.6) is 0 Å². The Morgan fingerprint density at radius 2 is 1.85 bits per heavy atom. The highest BCUT2D eigenvalue weighted by molar-refractivity contribution is 7.15. The fourth-order valence-electron chi connectivity index (χ4n) is 2.91. The van der Waals surface area contributed by atoms with E-state index >= 15 is 0 Å². The van der Waals surface area contributed by atoms with Gasteiger partial charge in [0.2, 0.25) is 0 Å². The van der Waals surface area contributed by atoms with Gasteiger partial charge in [-0.3, -0.25) is 0 Å². The summed E-state index contributed by atoms with van der Waals surface area (Å²) in [5.74, 6) is 0.523. The zero-order valence-electron chi connectivity index (χ0n) is 12.0. The predicted octanol–water partition coefficient (Wildman–Crippen LogP) is 5.81. The van der Waals surface area contributed by atoms with Crippen LogP contribution in [0.15, 0.2) is 24.3 Å². The van der Waals surface area contributed by atoms with Crippen molar-refractivity contribution in [2.24, 2.45) is 0 Å². The monoisotopic (exact) mass is 289 g/mol. The van der Waals surface area contributed by atoms with Crippen molar-refractivity contribution in [2.45, 2.75) is 51.6 Å². The van der Waals surface area contributed by atoms with E-state index in [9.17, 15) is 4.39 Å². The second-order valence-corrected chi connectivity index (χ2v) is 6.76. The molecule has 0 spiro atoms. The Morgan fingerprint density at radius 3 is 2.45 bits per heavy atom. The van der Waals surface area contributed by atoms with Gasteiger partial charge in [-0.1, -0.05) is 42.7 Å². The zero-order chi connectivity index (χ0) is 14.1. The maximum absolute atomic E-state index is 13.6. The molecule has 1 nitrogen and oxygen atoms in total. The van der Waals surface area contributed by atoms with Crippen molar-refractivity contribution in [1.82, 2.24) is 4.98 Å². The molecule has 0 N–H and O–H groups in total. The number of thiazole rings is 1. The molecule has 2 aromatic rings. The number of aromatic nitrogens is 1. The molecule has 1 aliphatic carbocycles. The molecule has 106 valence electrons. The van der Waals surface area contributed by atoms with Gasteiger partial charge in [0, 0.05) is 5.92 Å². The highest BCUT2D eigenvalue weighted by atomic mass is 32.1. The Morgan fingerprint density at radius 1 is 1.20 bits per heavy atom. The van der Waals surface area contributed by atoms with Crippen LogP contribution >= 0.6 is 11.3 Å². The summed E-state index contributed by atoms with van der Waals surface area (Å²) in [7, 11) is 0. The molecule has 1 aliphatic rings. The standard InChI is InChI=1S/C17H20FNS/c1-11-7-9-14(10-8-11)16-15(13-5-3-4-6-13)19-17(20-16)12(2)18/h7-10,12-13H,3-6H2,1-2H3/t12-/m0/s1. The van der Waals surface area contributed by atoms with Crippen molar-refractivity contribution in [3.05, 3.63) is 40.5 Å². The fourth-order valence-corrected chi connectivity index (χ4v) is 3.99. The molecule has 0 amide bonds. The molecule has 1 aromatic carbocycles. The highest BCUT2D eigenvalue weighted by Crippen LogP contribution is 2.43. The first-order valence-electron chi connectivity index (χ1n) is 7.37. The number of rotatable bonds is 3. The molecule has 1 heterocycles. The predicted molar refractivity (Wildman–Crippen MR) is 83.0 cm³/mol. The number of halogens is 1. The second kappa shape index (κ2) is 5.65. The number of benzene rings is 1. The molecule has 1 aromatic heterocycles. The second-order valence-electron chi connectivity index (χ2n) is 5.73. The van der Waals surface area contributed by atoms with Crippen LogP contribution in [0.1, 0.15) is 61.0 Å². The largest absolute Gasteiger partial charge is 0.242 e. The topological polar surface area (TPSA) is 12.9 Å². The molecule has 3 rings (SSSR count). The van der Waals surface area contributed by atoms with Gasteiger partial charge in [0.15, 0.2) is 0 Å². The molecule has 0 radical (unpaired) electrons. The van der Waals surface area contributed by atoms with E-state index in [1.807, 2.05) is 0 Å². The van der Waals surface area contributed by atoms with Crippen LogP contribution < -0.4 is 0 Å². The Labute approximate surface area is 123 Å². The fraction of sp³-hybridized carbons (Fsp3) is 0.471. The summed E-state index contributed by atoms with van der Waals surface area (Å²) in [5, 5.41) is 0.627. The van der Waals surface area contributed by atoms with Crippen molar-refractivity contribution in [1.29, 1.82) is 0 Å². The summed E-state index contributed by atoms with van der Waals surface area (Å²) < 4.78 is 13.6. The van der Waals surface area contributed by atoms with E-state index in [2.05, 4.69) is 36.2 Å². The molecule has 20 heavy (non-hydrogen) atoms. The third-order valence-corrected chi connectivity index (χ3v) is 5.34. The lowest BCUT2D eigenvalue weighted by Crippen LogP contribution is -1.96.